The average molecular weight is 331 g/mol. The highest BCUT2D eigenvalue weighted by atomic mass is 16.5. The van der Waals surface area contributed by atoms with Crippen molar-refractivity contribution in [1.29, 1.82) is 0 Å². The Morgan fingerprint density at radius 3 is 2.71 bits per heavy atom. The molecule has 1 aromatic heterocycles. The van der Waals surface area contributed by atoms with Crippen LogP contribution in [0.3, 0.4) is 0 Å². The fraction of sp³-hybridized carbons (Fsp3) is 0.556. The van der Waals surface area contributed by atoms with Crippen LogP contribution < -0.4 is 11.1 Å². The Kier molecular flexibility index (Phi) is 4.60. The monoisotopic (exact) mass is 331 g/mol. The van der Waals surface area contributed by atoms with Crippen LogP contribution in [0.4, 0.5) is 5.69 Å². The summed E-state index contributed by atoms with van der Waals surface area (Å²) < 4.78 is 11.1. The van der Waals surface area contributed by atoms with E-state index in [1.165, 1.54) is 0 Å². The Bertz CT molecular complexity index is 727. The molecule has 2 aromatic rings. The third kappa shape index (κ3) is 3.60. The molecular weight excluding hydrogens is 306 g/mol. The lowest BCUT2D eigenvalue weighted by Crippen LogP contribution is -2.43. The highest BCUT2D eigenvalue weighted by Crippen LogP contribution is 2.27. The Labute approximate surface area is 141 Å². The van der Waals surface area contributed by atoms with E-state index in [9.17, 15) is 4.79 Å². The van der Waals surface area contributed by atoms with Gasteiger partial charge < -0.3 is 20.2 Å². The SMILES string of the molecule is CC(C)(C)c1nc2cc(NC(=O)C(N)C3CCOCC3)ccc2o1. The number of fused-ring (bicyclic) bond motifs is 1. The number of nitrogens with zero attached hydrogens (tertiary/aromatic N) is 1. The molecule has 1 atom stereocenters. The van der Waals surface area contributed by atoms with E-state index >= 15 is 0 Å². The molecule has 1 amide bonds. The lowest BCUT2D eigenvalue weighted by Gasteiger charge is -2.26. The zero-order valence-electron chi connectivity index (χ0n) is 14.5. The van der Waals surface area contributed by atoms with Crippen LogP contribution in [0.25, 0.3) is 11.1 Å². The number of rotatable bonds is 3. The number of anilines is 1. The molecule has 130 valence electrons. The van der Waals surface area contributed by atoms with Gasteiger partial charge in [-0.2, -0.15) is 0 Å². The summed E-state index contributed by atoms with van der Waals surface area (Å²) in [6.07, 6.45) is 1.65. The zero-order chi connectivity index (χ0) is 17.3. The van der Waals surface area contributed by atoms with E-state index < -0.39 is 6.04 Å². The molecule has 1 aromatic carbocycles. The second-order valence-corrected chi connectivity index (χ2v) is 7.42. The summed E-state index contributed by atoms with van der Waals surface area (Å²) in [6.45, 7) is 7.49. The summed E-state index contributed by atoms with van der Waals surface area (Å²) in [6, 6.07) is 4.94. The first-order chi connectivity index (χ1) is 11.3. The van der Waals surface area contributed by atoms with Gasteiger partial charge in [0.2, 0.25) is 11.8 Å². The van der Waals surface area contributed by atoms with Crippen LogP contribution >= 0.6 is 0 Å². The van der Waals surface area contributed by atoms with Gasteiger partial charge >= 0.3 is 0 Å². The van der Waals surface area contributed by atoms with Crippen molar-refractivity contribution >= 4 is 22.7 Å². The number of nitrogens with one attached hydrogen (secondary N) is 1. The molecule has 0 aliphatic carbocycles. The van der Waals surface area contributed by atoms with Crippen LogP contribution in [0.15, 0.2) is 22.6 Å². The molecule has 6 nitrogen and oxygen atoms in total. The lowest BCUT2D eigenvalue weighted by molar-refractivity contribution is -0.119. The minimum Gasteiger partial charge on any atom is -0.440 e. The summed E-state index contributed by atoms with van der Waals surface area (Å²) in [5.41, 5.74) is 8.09. The van der Waals surface area contributed by atoms with Crippen LogP contribution in [-0.4, -0.2) is 30.1 Å². The third-order valence-electron chi connectivity index (χ3n) is 4.37. The highest BCUT2D eigenvalue weighted by molar-refractivity contribution is 5.96. The fourth-order valence-electron chi connectivity index (χ4n) is 2.84. The summed E-state index contributed by atoms with van der Waals surface area (Å²) >= 11 is 0. The van der Waals surface area contributed by atoms with Crippen molar-refractivity contribution < 1.29 is 13.9 Å². The molecule has 0 radical (unpaired) electrons. The molecule has 1 saturated heterocycles. The van der Waals surface area contributed by atoms with Crippen LogP contribution in [-0.2, 0) is 14.9 Å². The fourth-order valence-corrected chi connectivity index (χ4v) is 2.84. The number of aromatic nitrogens is 1. The van der Waals surface area contributed by atoms with Crippen LogP contribution in [0.5, 0.6) is 0 Å². The summed E-state index contributed by atoms with van der Waals surface area (Å²) in [4.78, 5) is 16.9. The number of ether oxygens (including phenoxy) is 1. The minimum atomic E-state index is -0.521. The first-order valence-electron chi connectivity index (χ1n) is 8.40. The molecule has 6 heteroatoms. The molecule has 0 saturated carbocycles. The zero-order valence-corrected chi connectivity index (χ0v) is 14.5. The van der Waals surface area contributed by atoms with E-state index in [0.29, 0.717) is 30.4 Å². The van der Waals surface area contributed by atoms with Crippen LogP contribution in [0.1, 0.15) is 39.5 Å². The van der Waals surface area contributed by atoms with Crippen molar-refractivity contribution in [3.63, 3.8) is 0 Å². The van der Waals surface area contributed by atoms with Crippen LogP contribution in [0.2, 0.25) is 0 Å². The number of carbonyl (C=O) groups is 1. The molecule has 1 unspecified atom stereocenters. The second kappa shape index (κ2) is 6.53. The number of benzene rings is 1. The quantitative estimate of drug-likeness (QED) is 0.902. The molecular formula is C18H25N3O3. The lowest BCUT2D eigenvalue weighted by atomic mass is 9.92. The Hall–Kier alpha value is -1.92. The van der Waals surface area contributed by atoms with Crippen LogP contribution in [0, 0.1) is 5.92 Å². The van der Waals surface area contributed by atoms with Crippen molar-refractivity contribution in [2.24, 2.45) is 11.7 Å². The maximum absolute atomic E-state index is 12.4. The molecule has 1 fully saturated rings. The largest absolute Gasteiger partial charge is 0.440 e. The van der Waals surface area contributed by atoms with Gasteiger partial charge in [-0.1, -0.05) is 20.8 Å². The molecule has 3 N–H and O–H groups in total. The molecule has 0 bridgehead atoms. The maximum Gasteiger partial charge on any atom is 0.241 e. The van der Waals surface area contributed by atoms with Gasteiger partial charge in [0, 0.05) is 24.3 Å². The first-order valence-corrected chi connectivity index (χ1v) is 8.40. The first kappa shape index (κ1) is 16.9. The van der Waals surface area contributed by atoms with Gasteiger partial charge in [-0.15, -0.1) is 0 Å². The Morgan fingerprint density at radius 1 is 1.33 bits per heavy atom. The number of carbonyl (C=O) groups excluding carboxylic acids is 1. The van der Waals surface area contributed by atoms with Gasteiger partial charge in [0.15, 0.2) is 5.58 Å². The van der Waals surface area contributed by atoms with E-state index in [4.69, 9.17) is 14.9 Å². The molecule has 0 spiro atoms. The van der Waals surface area contributed by atoms with Crippen molar-refractivity contribution in [2.45, 2.75) is 45.1 Å². The van der Waals surface area contributed by atoms with Gasteiger partial charge in [0.25, 0.3) is 0 Å². The molecule has 3 rings (SSSR count). The molecule has 24 heavy (non-hydrogen) atoms. The predicted octanol–water partition coefficient (Wildman–Crippen LogP) is 2.82. The van der Waals surface area contributed by atoms with Gasteiger partial charge in [-0.3, -0.25) is 4.79 Å². The number of amides is 1. The smallest absolute Gasteiger partial charge is 0.241 e. The predicted molar refractivity (Wildman–Crippen MR) is 92.9 cm³/mol. The standard InChI is InChI=1S/C18H25N3O3/c1-18(2,3)17-21-13-10-12(4-5-14(13)24-17)20-16(22)15(19)11-6-8-23-9-7-11/h4-5,10-11,15H,6-9,19H2,1-3H3,(H,20,22). The normalized spacial score (nSPS) is 17.8. The number of oxazole rings is 1. The van der Waals surface area contributed by atoms with Gasteiger partial charge in [0.1, 0.15) is 5.52 Å². The van der Waals surface area contributed by atoms with Gasteiger partial charge in [0.05, 0.1) is 6.04 Å². The van der Waals surface area contributed by atoms with E-state index in [1.807, 2.05) is 39.0 Å². The Balaban J connectivity index is 1.73. The minimum absolute atomic E-state index is 0.159. The van der Waals surface area contributed by atoms with Crippen molar-refractivity contribution in [2.75, 3.05) is 18.5 Å². The van der Waals surface area contributed by atoms with E-state index in [-0.39, 0.29) is 17.2 Å². The van der Waals surface area contributed by atoms with E-state index in [1.54, 1.807) is 0 Å². The highest BCUT2D eigenvalue weighted by Gasteiger charge is 2.27. The molecule has 1 aliphatic rings. The summed E-state index contributed by atoms with van der Waals surface area (Å²) in [7, 11) is 0. The van der Waals surface area contributed by atoms with Gasteiger partial charge in [-0.25, -0.2) is 4.98 Å². The summed E-state index contributed by atoms with van der Waals surface area (Å²) in [5.74, 6) is 0.683. The topological polar surface area (TPSA) is 90.4 Å². The number of hydrogen-bond donors (Lipinski definition) is 2. The summed E-state index contributed by atoms with van der Waals surface area (Å²) in [5, 5.41) is 2.89. The third-order valence-corrected chi connectivity index (χ3v) is 4.37. The maximum atomic E-state index is 12.4. The average Bonchev–Trinajstić information content (AvgIpc) is 2.98. The van der Waals surface area contributed by atoms with Crippen molar-refractivity contribution in [1.82, 2.24) is 4.98 Å². The Morgan fingerprint density at radius 2 is 2.04 bits per heavy atom. The number of nitrogens with two attached hydrogens (primary N) is 1. The van der Waals surface area contributed by atoms with Crippen molar-refractivity contribution in [3.8, 4) is 0 Å². The molecule has 2 heterocycles. The van der Waals surface area contributed by atoms with Crippen molar-refractivity contribution in [3.05, 3.63) is 24.1 Å². The van der Waals surface area contributed by atoms with Gasteiger partial charge in [-0.05, 0) is 37.0 Å². The molecule has 1 aliphatic heterocycles. The second-order valence-electron chi connectivity index (χ2n) is 7.42. The van der Waals surface area contributed by atoms with E-state index in [0.717, 1.165) is 18.4 Å². The number of hydrogen-bond acceptors (Lipinski definition) is 5. The van der Waals surface area contributed by atoms with E-state index in [2.05, 4.69) is 10.3 Å².